The molecule has 1 aromatic carbocycles. The lowest BCUT2D eigenvalue weighted by Gasteiger charge is -2.36. The van der Waals surface area contributed by atoms with E-state index in [2.05, 4.69) is 20.1 Å². The van der Waals surface area contributed by atoms with Crippen LogP contribution in [0.15, 0.2) is 29.3 Å². The van der Waals surface area contributed by atoms with Crippen LogP contribution in [0.2, 0.25) is 5.02 Å². The van der Waals surface area contributed by atoms with E-state index >= 15 is 0 Å². The molecule has 1 heterocycles. The molecule has 0 aromatic heterocycles. The normalized spacial score (nSPS) is 15.5. The van der Waals surface area contributed by atoms with Crippen molar-refractivity contribution in [3.8, 4) is 0 Å². The first-order valence-electron chi connectivity index (χ1n) is 9.77. The molecule has 0 aliphatic carbocycles. The van der Waals surface area contributed by atoms with Crippen molar-refractivity contribution in [1.82, 2.24) is 10.2 Å². The number of anilines is 1. The number of guanidine groups is 1. The number of aliphatic imine (C=N–C) groups is 1. The molecule has 1 fully saturated rings. The maximum atomic E-state index is 11.6. The maximum Gasteiger partial charge on any atom is 0.407 e. The fraction of sp³-hybridized carbons (Fsp3) is 0.600. The summed E-state index contributed by atoms with van der Waals surface area (Å²) in [6, 6.07) is 7.91. The van der Waals surface area contributed by atoms with Gasteiger partial charge in [0, 0.05) is 50.0 Å². The number of piperazine rings is 1. The summed E-state index contributed by atoms with van der Waals surface area (Å²) in [5.74, 6) is 0.593. The zero-order valence-electron chi connectivity index (χ0n) is 17.1. The Morgan fingerprint density at radius 1 is 1.18 bits per heavy atom. The van der Waals surface area contributed by atoms with Gasteiger partial charge in [-0.3, -0.25) is 4.99 Å². The molecule has 1 aliphatic rings. The van der Waals surface area contributed by atoms with Gasteiger partial charge in [-0.2, -0.15) is 0 Å². The van der Waals surface area contributed by atoms with Gasteiger partial charge in [0.25, 0.3) is 0 Å². The molecule has 0 saturated carbocycles. The molecule has 8 heteroatoms. The standard InChI is InChI=1S/C20H32ClN5O2/c1-20(2,3)28-19(27)24-11-5-4-10-23-18(22)26-14-12-25(13-15-26)17-8-6-16(21)7-9-17/h6-9H,4-5,10-15H2,1-3H3,(H2,22,23)(H,24,27). The Bertz CT molecular complexity index is 650. The smallest absolute Gasteiger partial charge is 0.407 e. The van der Waals surface area contributed by atoms with Crippen LogP contribution in [0.3, 0.4) is 0 Å². The van der Waals surface area contributed by atoms with Crippen LogP contribution < -0.4 is 16.0 Å². The minimum Gasteiger partial charge on any atom is -0.444 e. The van der Waals surface area contributed by atoms with Gasteiger partial charge in [0.15, 0.2) is 5.96 Å². The first-order valence-corrected chi connectivity index (χ1v) is 10.1. The minimum absolute atomic E-state index is 0.380. The Labute approximate surface area is 172 Å². The number of nitrogens with zero attached hydrogens (tertiary/aromatic N) is 3. The van der Waals surface area contributed by atoms with Crippen molar-refractivity contribution < 1.29 is 9.53 Å². The fourth-order valence-electron chi connectivity index (χ4n) is 2.88. The van der Waals surface area contributed by atoms with Crippen LogP contribution in [0.4, 0.5) is 10.5 Å². The van der Waals surface area contributed by atoms with Gasteiger partial charge in [0.05, 0.1) is 0 Å². The Hall–Kier alpha value is -2.15. The van der Waals surface area contributed by atoms with Gasteiger partial charge < -0.3 is 25.6 Å². The van der Waals surface area contributed by atoms with E-state index in [1.807, 2.05) is 45.0 Å². The third kappa shape index (κ3) is 7.84. The second-order valence-electron chi connectivity index (χ2n) is 7.83. The molecular formula is C20H32ClN5O2. The third-order valence-electron chi connectivity index (χ3n) is 4.32. The van der Waals surface area contributed by atoms with Crippen LogP contribution in [0.1, 0.15) is 33.6 Å². The topological polar surface area (TPSA) is 83.2 Å². The first kappa shape index (κ1) is 22.1. The number of halogens is 1. The van der Waals surface area contributed by atoms with E-state index in [4.69, 9.17) is 22.1 Å². The summed E-state index contributed by atoms with van der Waals surface area (Å²) in [5.41, 5.74) is 6.84. The van der Waals surface area contributed by atoms with Gasteiger partial charge in [-0.15, -0.1) is 0 Å². The molecular weight excluding hydrogens is 378 g/mol. The van der Waals surface area contributed by atoms with Crippen LogP contribution in [-0.2, 0) is 4.74 Å². The molecule has 0 unspecified atom stereocenters. The maximum absolute atomic E-state index is 11.6. The molecule has 28 heavy (non-hydrogen) atoms. The SMILES string of the molecule is CC(C)(C)OC(=O)NCCCCN=C(N)N1CCN(c2ccc(Cl)cc2)CC1. The lowest BCUT2D eigenvalue weighted by atomic mass is 10.2. The van der Waals surface area contributed by atoms with Gasteiger partial charge in [-0.25, -0.2) is 4.79 Å². The lowest BCUT2D eigenvalue weighted by molar-refractivity contribution is 0.0527. The van der Waals surface area contributed by atoms with E-state index in [1.54, 1.807) is 0 Å². The summed E-state index contributed by atoms with van der Waals surface area (Å²) in [7, 11) is 0. The number of hydrogen-bond acceptors (Lipinski definition) is 4. The van der Waals surface area contributed by atoms with Crippen molar-refractivity contribution >= 4 is 29.3 Å². The van der Waals surface area contributed by atoms with E-state index in [1.165, 1.54) is 5.69 Å². The zero-order valence-corrected chi connectivity index (χ0v) is 17.8. The highest BCUT2D eigenvalue weighted by atomic mass is 35.5. The van der Waals surface area contributed by atoms with E-state index in [0.717, 1.165) is 44.0 Å². The predicted octanol–water partition coefficient (Wildman–Crippen LogP) is 3.08. The van der Waals surface area contributed by atoms with Gasteiger partial charge in [-0.05, 0) is 57.9 Å². The summed E-state index contributed by atoms with van der Waals surface area (Å²) >= 11 is 5.95. The first-order chi connectivity index (χ1) is 13.2. The molecule has 2 rings (SSSR count). The molecule has 1 aliphatic heterocycles. The minimum atomic E-state index is -0.472. The van der Waals surface area contributed by atoms with Gasteiger partial charge in [-0.1, -0.05) is 11.6 Å². The van der Waals surface area contributed by atoms with Crippen molar-refractivity contribution in [3.05, 3.63) is 29.3 Å². The highest BCUT2D eigenvalue weighted by Crippen LogP contribution is 2.19. The molecule has 0 bridgehead atoms. The molecule has 7 nitrogen and oxygen atoms in total. The quantitative estimate of drug-likeness (QED) is 0.428. The number of carbonyl (C=O) groups is 1. The van der Waals surface area contributed by atoms with E-state index in [9.17, 15) is 4.79 Å². The predicted molar refractivity (Wildman–Crippen MR) is 115 cm³/mol. The number of carbonyl (C=O) groups excluding carboxylic acids is 1. The number of benzene rings is 1. The van der Waals surface area contributed by atoms with Gasteiger partial charge in [0.1, 0.15) is 5.60 Å². The monoisotopic (exact) mass is 409 g/mol. The fourth-order valence-corrected chi connectivity index (χ4v) is 3.01. The average Bonchev–Trinajstić information content (AvgIpc) is 2.63. The van der Waals surface area contributed by atoms with Crippen molar-refractivity contribution in [2.24, 2.45) is 10.7 Å². The second-order valence-corrected chi connectivity index (χ2v) is 8.26. The zero-order chi connectivity index (χ0) is 20.6. The Kier molecular flexibility index (Phi) is 8.23. The average molecular weight is 410 g/mol. The molecule has 1 saturated heterocycles. The molecule has 156 valence electrons. The summed E-state index contributed by atoms with van der Waals surface area (Å²) in [6.07, 6.45) is 1.32. The molecule has 0 radical (unpaired) electrons. The number of ether oxygens (including phenoxy) is 1. The molecule has 0 spiro atoms. The molecule has 1 aromatic rings. The Morgan fingerprint density at radius 2 is 1.82 bits per heavy atom. The molecule has 3 N–H and O–H groups in total. The van der Waals surface area contributed by atoms with Gasteiger partial charge >= 0.3 is 6.09 Å². The number of unbranched alkanes of at least 4 members (excludes halogenated alkanes) is 1. The van der Waals surface area contributed by atoms with Crippen molar-refractivity contribution in [2.45, 2.75) is 39.2 Å². The Morgan fingerprint density at radius 3 is 2.43 bits per heavy atom. The van der Waals surface area contributed by atoms with Crippen molar-refractivity contribution in [3.63, 3.8) is 0 Å². The third-order valence-corrected chi connectivity index (χ3v) is 4.57. The summed E-state index contributed by atoms with van der Waals surface area (Å²) < 4.78 is 5.19. The molecule has 0 atom stereocenters. The van der Waals surface area contributed by atoms with Crippen molar-refractivity contribution in [2.75, 3.05) is 44.2 Å². The van der Waals surface area contributed by atoms with Crippen molar-refractivity contribution in [1.29, 1.82) is 0 Å². The van der Waals surface area contributed by atoms with E-state index < -0.39 is 5.60 Å². The van der Waals surface area contributed by atoms with E-state index in [0.29, 0.717) is 19.0 Å². The lowest BCUT2D eigenvalue weighted by Crippen LogP contribution is -2.51. The number of hydrogen-bond donors (Lipinski definition) is 2. The second kappa shape index (κ2) is 10.4. The highest BCUT2D eigenvalue weighted by Gasteiger charge is 2.18. The number of rotatable bonds is 6. The van der Waals surface area contributed by atoms with E-state index in [-0.39, 0.29) is 6.09 Å². The van der Waals surface area contributed by atoms with Gasteiger partial charge in [0.2, 0.25) is 0 Å². The Balaban J connectivity index is 1.62. The number of nitrogens with one attached hydrogen (secondary N) is 1. The van der Waals surface area contributed by atoms with Crippen LogP contribution in [0.5, 0.6) is 0 Å². The highest BCUT2D eigenvalue weighted by molar-refractivity contribution is 6.30. The largest absolute Gasteiger partial charge is 0.444 e. The summed E-state index contributed by atoms with van der Waals surface area (Å²) in [6.45, 7) is 10.3. The number of amides is 1. The van der Waals surface area contributed by atoms with Crippen LogP contribution in [0.25, 0.3) is 0 Å². The number of alkyl carbamates (subject to hydrolysis) is 1. The molecule has 1 amide bonds. The number of nitrogens with two attached hydrogens (primary N) is 1. The van der Waals surface area contributed by atoms with Crippen LogP contribution in [0, 0.1) is 0 Å². The van der Waals surface area contributed by atoms with Crippen LogP contribution in [-0.4, -0.2) is 61.8 Å². The van der Waals surface area contributed by atoms with Crippen LogP contribution >= 0.6 is 11.6 Å². The summed E-state index contributed by atoms with van der Waals surface area (Å²) in [4.78, 5) is 20.5. The summed E-state index contributed by atoms with van der Waals surface area (Å²) in [5, 5.41) is 3.50.